The number of rotatable bonds is 8. The van der Waals surface area contributed by atoms with Gasteiger partial charge in [-0.25, -0.2) is 21.1 Å². The number of carbonyl (C=O) groups excluding carboxylic acids is 1. The average molecular weight is 563 g/mol. The predicted octanol–water partition coefficient (Wildman–Crippen LogP) is 3.08. The van der Waals surface area contributed by atoms with E-state index >= 15 is 0 Å². The highest BCUT2D eigenvalue weighted by Crippen LogP contribution is 2.30. The van der Waals surface area contributed by atoms with E-state index < -0.39 is 20.0 Å². The average Bonchev–Trinajstić information content (AvgIpc) is 3.37. The van der Waals surface area contributed by atoms with Crippen molar-refractivity contribution in [3.63, 3.8) is 0 Å². The zero-order valence-electron chi connectivity index (χ0n) is 20.9. The summed E-state index contributed by atoms with van der Waals surface area (Å²) in [6, 6.07) is 16.1. The van der Waals surface area contributed by atoms with Crippen molar-refractivity contribution in [3.8, 4) is 0 Å². The molecular weight excluding hydrogens is 532 g/mol. The van der Waals surface area contributed by atoms with Crippen LogP contribution in [-0.4, -0.2) is 71.7 Å². The summed E-state index contributed by atoms with van der Waals surface area (Å²) in [4.78, 5) is 17.8. The molecule has 1 aliphatic heterocycles. The second-order valence-electron chi connectivity index (χ2n) is 9.02. The van der Waals surface area contributed by atoms with Crippen LogP contribution in [-0.2, 0) is 31.3 Å². The lowest BCUT2D eigenvalue weighted by Gasteiger charge is -2.41. The molecule has 2 heterocycles. The van der Waals surface area contributed by atoms with Crippen molar-refractivity contribution in [3.05, 3.63) is 70.9 Å². The largest absolute Gasteiger partial charge is 0.366 e. The van der Waals surface area contributed by atoms with Gasteiger partial charge in [-0.2, -0.15) is 0 Å². The number of benzene rings is 2. The van der Waals surface area contributed by atoms with Crippen LogP contribution in [0.3, 0.4) is 0 Å². The van der Waals surface area contributed by atoms with Gasteiger partial charge in [-0.15, -0.1) is 11.3 Å². The van der Waals surface area contributed by atoms with Gasteiger partial charge in [0.05, 0.1) is 27.6 Å². The molecule has 2 aromatic carbocycles. The Hall–Kier alpha value is -2.93. The molecule has 0 saturated carbocycles. The van der Waals surface area contributed by atoms with E-state index in [1.807, 2.05) is 41.5 Å². The highest BCUT2D eigenvalue weighted by Gasteiger charge is 2.29. The van der Waals surface area contributed by atoms with Gasteiger partial charge in [0.2, 0.25) is 15.9 Å². The van der Waals surface area contributed by atoms with Crippen LogP contribution >= 0.6 is 11.3 Å². The molecule has 0 aliphatic carbocycles. The number of nitrogens with zero attached hydrogens (tertiary/aromatic N) is 3. The van der Waals surface area contributed by atoms with Gasteiger partial charge in [0, 0.05) is 44.6 Å². The van der Waals surface area contributed by atoms with Gasteiger partial charge >= 0.3 is 0 Å². The number of hydrogen-bond donors (Lipinski definition) is 1. The number of thiophene rings is 1. The van der Waals surface area contributed by atoms with Crippen LogP contribution in [0.4, 0.5) is 11.4 Å². The monoisotopic (exact) mass is 562 g/mol. The molecule has 1 saturated heterocycles. The van der Waals surface area contributed by atoms with Gasteiger partial charge in [-0.05, 0) is 54.8 Å². The molecule has 198 valence electrons. The summed E-state index contributed by atoms with van der Waals surface area (Å²) in [6.07, 6.45) is 0.382. The SMILES string of the molecule is C[C@@H]1CN(c2ccccc2NS(=O)(=O)c2ccc(S(=O)(=O)N(C)C)cc2)CCN1C(=O)Cc1cccs1. The van der Waals surface area contributed by atoms with E-state index in [0.717, 1.165) is 14.9 Å². The maximum Gasteiger partial charge on any atom is 0.261 e. The summed E-state index contributed by atoms with van der Waals surface area (Å²) in [5, 5.41) is 1.96. The summed E-state index contributed by atoms with van der Waals surface area (Å²) in [5.74, 6) is 0.0864. The first-order chi connectivity index (χ1) is 17.5. The molecule has 0 radical (unpaired) electrons. The van der Waals surface area contributed by atoms with Gasteiger partial charge in [-0.1, -0.05) is 18.2 Å². The Morgan fingerprint density at radius 2 is 1.65 bits per heavy atom. The fourth-order valence-electron chi connectivity index (χ4n) is 4.25. The highest BCUT2D eigenvalue weighted by molar-refractivity contribution is 7.92. The second kappa shape index (κ2) is 10.8. The van der Waals surface area contributed by atoms with E-state index in [1.54, 1.807) is 23.5 Å². The Bertz CT molecular complexity index is 1450. The van der Waals surface area contributed by atoms with E-state index in [-0.39, 0.29) is 21.7 Å². The normalized spacial score (nSPS) is 16.7. The fraction of sp³-hybridized carbons (Fsp3) is 0.320. The summed E-state index contributed by atoms with van der Waals surface area (Å²) in [6.45, 7) is 3.66. The number of hydrogen-bond acceptors (Lipinski definition) is 7. The Morgan fingerprint density at radius 3 is 2.27 bits per heavy atom. The van der Waals surface area contributed by atoms with Gasteiger partial charge < -0.3 is 9.80 Å². The zero-order chi connectivity index (χ0) is 26.8. The minimum atomic E-state index is -3.97. The number of anilines is 2. The van der Waals surface area contributed by atoms with Gasteiger partial charge in [0.25, 0.3) is 10.0 Å². The summed E-state index contributed by atoms with van der Waals surface area (Å²) < 4.78 is 54.6. The van der Waals surface area contributed by atoms with Crippen molar-refractivity contribution in [2.75, 3.05) is 43.4 Å². The maximum absolute atomic E-state index is 13.1. The van der Waals surface area contributed by atoms with Crippen molar-refractivity contribution >= 4 is 48.7 Å². The van der Waals surface area contributed by atoms with Crippen molar-refractivity contribution in [1.29, 1.82) is 0 Å². The van der Waals surface area contributed by atoms with Crippen LogP contribution < -0.4 is 9.62 Å². The summed E-state index contributed by atoms with van der Waals surface area (Å²) in [5.41, 5.74) is 1.13. The van der Waals surface area contributed by atoms with Crippen LogP contribution in [0.5, 0.6) is 0 Å². The number of amides is 1. The second-order valence-corrected chi connectivity index (χ2v) is 13.9. The highest BCUT2D eigenvalue weighted by atomic mass is 32.2. The van der Waals surface area contributed by atoms with Crippen LogP contribution in [0.1, 0.15) is 11.8 Å². The molecule has 0 bridgehead atoms. The third-order valence-electron chi connectivity index (χ3n) is 6.26. The fourth-order valence-corrected chi connectivity index (χ4v) is 6.92. The van der Waals surface area contributed by atoms with Crippen molar-refractivity contribution in [2.45, 2.75) is 29.2 Å². The van der Waals surface area contributed by atoms with Crippen molar-refractivity contribution < 1.29 is 21.6 Å². The van der Waals surface area contributed by atoms with Gasteiger partial charge in [0.1, 0.15) is 0 Å². The molecule has 1 N–H and O–H groups in total. The minimum absolute atomic E-state index is 0.0114. The van der Waals surface area contributed by atoms with Crippen LogP contribution in [0, 0.1) is 0 Å². The molecule has 0 unspecified atom stereocenters. The molecule has 1 fully saturated rings. The Morgan fingerprint density at radius 1 is 0.973 bits per heavy atom. The topological polar surface area (TPSA) is 107 Å². The van der Waals surface area contributed by atoms with Crippen LogP contribution in [0.2, 0.25) is 0 Å². The molecule has 0 spiro atoms. The maximum atomic E-state index is 13.1. The Kier molecular flexibility index (Phi) is 7.93. The number of para-hydroxylation sites is 2. The lowest BCUT2D eigenvalue weighted by Crippen LogP contribution is -2.54. The predicted molar refractivity (Wildman–Crippen MR) is 146 cm³/mol. The molecule has 1 amide bonds. The number of nitrogens with one attached hydrogen (secondary N) is 1. The van der Waals surface area contributed by atoms with E-state index in [4.69, 9.17) is 0 Å². The molecule has 1 aliphatic rings. The first-order valence-corrected chi connectivity index (χ1v) is 15.5. The molecule has 12 heteroatoms. The smallest absolute Gasteiger partial charge is 0.261 e. The Labute approximate surface area is 222 Å². The molecule has 9 nitrogen and oxygen atoms in total. The zero-order valence-corrected chi connectivity index (χ0v) is 23.3. The quantitative estimate of drug-likeness (QED) is 0.452. The van der Waals surface area contributed by atoms with E-state index in [1.165, 1.54) is 38.4 Å². The molecule has 37 heavy (non-hydrogen) atoms. The summed E-state index contributed by atoms with van der Waals surface area (Å²) >= 11 is 1.57. The van der Waals surface area contributed by atoms with Crippen molar-refractivity contribution in [2.24, 2.45) is 0 Å². The molecular formula is C25H30N4O5S3. The number of carbonyl (C=O) groups is 1. The van der Waals surface area contributed by atoms with Crippen molar-refractivity contribution in [1.82, 2.24) is 9.21 Å². The molecule has 1 atom stereocenters. The summed E-state index contributed by atoms with van der Waals surface area (Å²) in [7, 11) is -4.81. The molecule has 4 rings (SSSR count). The van der Waals surface area contributed by atoms with Gasteiger partial charge in [0.15, 0.2) is 0 Å². The number of piperazine rings is 1. The third-order valence-corrected chi connectivity index (χ3v) is 10.3. The third kappa shape index (κ3) is 5.98. The van der Waals surface area contributed by atoms with E-state index in [2.05, 4.69) is 9.62 Å². The Balaban J connectivity index is 1.49. The molecule has 3 aromatic rings. The van der Waals surface area contributed by atoms with Crippen LogP contribution in [0.15, 0.2) is 75.8 Å². The standard InChI is InChI=1S/C25H30N4O5S3/c1-19-18-28(14-15-29(19)25(30)17-20-7-6-16-35-20)24-9-5-4-8-23(24)26-36(31,32)21-10-12-22(13-11-21)37(33,34)27(2)3/h4-13,16,19,26H,14-15,17-18H2,1-3H3/t19-/m1/s1. The van der Waals surface area contributed by atoms with Crippen LogP contribution in [0.25, 0.3) is 0 Å². The molecule has 1 aromatic heterocycles. The first kappa shape index (κ1) is 27.1. The minimum Gasteiger partial charge on any atom is -0.366 e. The van der Waals surface area contributed by atoms with Gasteiger partial charge in [-0.3, -0.25) is 9.52 Å². The van der Waals surface area contributed by atoms with E-state index in [9.17, 15) is 21.6 Å². The lowest BCUT2D eigenvalue weighted by atomic mass is 10.1. The lowest BCUT2D eigenvalue weighted by molar-refractivity contribution is -0.132. The first-order valence-electron chi connectivity index (χ1n) is 11.7. The van der Waals surface area contributed by atoms with E-state index in [0.29, 0.717) is 31.7 Å². The number of sulfonamides is 2.